The van der Waals surface area contributed by atoms with Crippen LogP contribution < -0.4 is 14.8 Å². The van der Waals surface area contributed by atoms with Crippen LogP contribution in [0.4, 0.5) is 24.7 Å². The van der Waals surface area contributed by atoms with Gasteiger partial charge in [-0.15, -0.1) is 0 Å². The number of likely N-dealkylation sites (tertiary alicyclic amines) is 1. The summed E-state index contributed by atoms with van der Waals surface area (Å²) in [5.74, 6) is -3.41. The highest BCUT2D eigenvalue weighted by Gasteiger charge is 2.43. The Balaban J connectivity index is 1.50. The molecule has 10 nitrogen and oxygen atoms in total. The molecule has 214 valence electrons. The quantitative estimate of drug-likeness (QED) is 0.246. The summed E-state index contributed by atoms with van der Waals surface area (Å²) in [5, 5.41) is 3.80. The van der Waals surface area contributed by atoms with Gasteiger partial charge in [0.1, 0.15) is 17.1 Å². The van der Waals surface area contributed by atoms with Crippen molar-refractivity contribution < 1.29 is 36.7 Å². The highest BCUT2D eigenvalue weighted by molar-refractivity contribution is 6.00. The molecule has 1 N–H and O–H groups in total. The predicted molar refractivity (Wildman–Crippen MR) is 143 cm³/mol. The first kappa shape index (κ1) is 27.9. The number of amides is 1. The van der Waals surface area contributed by atoms with E-state index < -0.39 is 23.8 Å². The van der Waals surface area contributed by atoms with Crippen LogP contribution in [0, 0.1) is 0 Å². The summed E-state index contributed by atoms with van der Waals surface area (Å²) in [6, 6.07) is 11.8. The standard InChI is InChI=1S/C28H26F3N5O5/c1-35-11-10-17(15-35)36(2)26(37)18-8-9-19(25(39-3)24(18)41-27(38)28(29,30)31)33-23-14-32-13-20(34-23)22-12-16-6-4-5-7-21(16)40-22/h4-9,12-14,17H,10-11,15H2,1-3H3,(H,33,34). The van der Waals surface area contributed by atoms with Crippen molar-refractivity contribution >= 4 is 34.4 Å². The van der Waals surface area contributed by atoms with E-state index in [4.69, 9.17) is 13.9 Å². The fourth-order valence-electron chi connectivity index (χ4n) is 4.66. The zero-order valence-corrected chi connectivity index (χ0v) is 22.4. The molecule has 1 fully saturated rings. The van der Waals surface area contributed by atoms with Gasteiger partial charge in [0, 0.05) is 25.0 Å². The van der Waals surface area contributed by atoms with Crippen LogP contribution in [0.3, 0.4) is 0 Å². The highest BCUT2D eigenvalue weighted by Crippen LogP contribution is 2.41. The van der Waals surface area contributed by atoms with E-state index in [-0.39, 0.29) is 28.9 Å². The van der Waals surface area contributed by atoms with Crippen LogP contribution in [-0.2, 0) is 4.79 Å². The maximum absolute atomic E-state index is 13.4. The number of ether oxygens (including phenoxy) is 2. The van der Waals surface area contributed by atoms with Crippen molar-refractivity contribution in [2.45, 2.75) is 18.6 Å². The Labute approximate surface area is 232 Å². The minimum Gasteiger partial charge on any atom is -0.491 e. The van der Waals surface area contributed by atoms with Gasteiger partial charge in [0.25, 0.3) is 5.91 Å². The lowest BCUT2D eigenvalue weighted by molar-refractivity contribution is -0.189. The summed E-state index contributed by atoms with van der Waals surface area (Å²) >= 11 is 0. The van der Waals surface area contributed by atoms with Crippen LogP contribution in [0.25, 0.3) is 22.4 Å². The molecule has 2 aromatic heterocycles. The predicted octanol–water partition coefficient (Wildman–Crippen LogP) is 4.89. The fraction of sp³-hybridized carbons (Fsp3) is 0.286. The third-order valence-electron chi connectivity index (χ3n) is 6.78. The summed E-state index contributed by atoms with van der Waals surface area (Å²) in [7, 11) is 4.65. The van der Waals surface area contributed by atoms with Gasteiger partial charge in [0.2, 0.25) is 0 Å². The number of hydrogen-bond donors (Lipinski definition) is 1. The number of anilines is 2. The van der Waals surface area contributed by atoms with Crippen LogP contribution in [0.5, 0.6) is 11.5 Å². The Morgan fingerprint density at radius 3 is 2.61 bits per heavy atom. The van der Waals surface area contributed by atoms with Gasteiger partial charge in [-0.3, -0.25) is 9.78 Å². The zero-order valence-electron chi connectivity index (χ0n) is 22.4. The Bertz CT molecular complexity index is 1570. The molecule has 2 aromatic carbocycles. The molecule has 1 unspecified atom stereocenters. The average Bonchev–Trinajstić information content (AvgIpc) is 3.58. The summed E-state index contributed by atoms with van der Waals surface area (Å²) in [5.41, 5.74) is 0.885. The summed E-state index contributed by atoms with van der Waals surface area (Å²) in [4.78, 5) is 37.5. The number of aromatic nitrogens is 2. The second-order valence-electron chi connectivity index (χ2n) is 9.59. The molecule has 5 rings (SSSR count). The number of methoxy groups -OCH3 is 1. The molecule has 1 atom stereocenters. The SMILES string of the molecule is COc1c(Nc2cncc(-c3cc4ccccc4o3)n2)ccc(C(=O)N(C)C2CCN(C)C2)c1OC(=O)C(F)(F)F. The number of halogens is 3. The van der Waals surface area contributed by atoms with Crippen LogP contribution in [-0.4, -0.2) is 78.2 Å². The van der Waals surface area contributed by atoms with Gasteiger partial charge in [-0.25, -0.2) is 9.78 Å². The minimum absolute atomic E-state index is 0.0910. The monoisotopic (exact) mass is 569 g/mol. The number of nitrogens with zero attached hydrogens (tertiary/aromatic N) is 4. The lowest BCUT2D eigenvalue weighted by atomic mass is 10.1. The van der Waals surface area contributed by atoms with Gasteiger partial charge < -0.3 is 29.0 Å². The smallest absolute Gasteiger partial charge is 0.491 e. The van der Waals surface area contributed by atoms with E-state index in [1.54, 1.807) is 13.1 Å². The van der Waals surface area contributed by atoms with E-state index in [1.807, 2.05) is 36.2 Å². The molecular formula is C28H26F3N5O5. The van der Waals surface area contributed by atoms with Gasteiger partial charge in [-0.05, 0) is 44.3 Å². The first-order valence-electron chi connectivity index (χ1n) is 12.6. The van der Waals surface area contributed by atoms with E-state index >= 15 is 0 Å². The number of carbonyl (C=O) groups is 2. The summed E-state index contributed by atoms with van der Waals surface area (Å²) < 4.78 is 55.6. The van der Waals surface area contributed by atoms with Crippen molar-refractivity contribution in [3.63, 3.8) is 0 Å². The fourth-order valence-corrected chi connectivity index (χ4v) is 4.66. The number of furan rings is 1. The molecule has 0 radical (unpaired) electrons. The van der Waals surface area contributed by atoms with E-state index in [9.17, 15) is 22.8 Å². The number of nitrogens with one attached hydrogen (secondary N) is 1. The van der Waals surface area contributed by atoms with Crippen LogP contribution >= 0.6 is 0 Å². The molecule has 0 spiro atoms. The third kappa shape index (κ3) is 5.80. The molecule has 4 aromatic rings. The lowest BCUT2D eigenvalue weighted by Crippen LogP contribution is -2.39. The van der Waals surface area contributed by atoms with Crippen LogP contribution in [0.2, 0.25) is 0 Å². The molecule has 1 aliphatic heterocycles. The topological polar surface area (TPSA) is 110 Å². The number of benzene rings is 2. The molecular weight excluding hydrogens is 543 g/mol. The van der Waals surface area contributed by atoms with Gasteiger partial charge in [0.05, 0.1) is 30.8 Å². The average molecular weight is 570 g/mol. The zero-order chi connectivity index (χ0) is 29.3. The first-order valence-corrected chi connectivity index (χ1v) is 12.6. The Morgan fingerprint density at radius 1 is 1.15 bits per heavy atom. The van der Waals surface area contributed by atoms with E-state index in [2.05, 4.69) is 15.3 Å². The van der Waals surface area contributed by atoms with Crippen molar-refractivity contribution in [3.05, 3.63) is 60.4 Å². The summed E-state index contributed by atoms with van der Waals surface area (Å²) in [6.07, 6.45) is -1.74. The maximum atomic E-state index is 13.4. The minimum atomic E-state index is -5.30. The highest BCUT2D eigenvalue weighted by atomic mass is 19.4. The summed E-state index contributed by atoms with van der Waals surface area (Å²) in [6.45, 7) is 1.36. The normalized spacial score (nSPS) is 15.6. The Kier molecular flexibility index (Phi) is 7.54. The second kappa shape index (κ2) is 11.1. The van der Waals surface area contributed by atoms with E-state index in [1.165, 1.54) is 36.5 Å². The van der Waals surface area contributed by atoms with Crippen molar-refractivity contribution in [3.8, 4) is 23.0 Å². The molecule has 1 amide bonds. The van der Waals surface area contributed by atoms with Gasteiger partial charge >= 0.3 is 12.1 Å². The lowest BCUT2D eigenvalue weighted by Gasteiger charge is -2.26. The van der Waals surface area contributed by atoms with Gasteiger partial charge in [0.15, 0.2) is 17.3 Å². The first-order chi connectivity index (χ1) is 19.5. The Hall–Kier alpha value is -4.65. The molecule has 13 heteroatoms. The van der Waals surface area contributed by atoms with Crippen molar-refractivity contribution in [2.24, 2.45) is 0 Å². The Morgan fingerprint density at radius 2 is 1.93 bits per heavy atom. The number of hydrogen-bond acceptors (Lipinski definition) is 9. The molecule has 1 aliphatic rings. The number of carbonyl (C=O) groups excluding carboxylic acids is 2. The number of rotatable bonds is 7. The second-order valence-corrected chi connectivity index (χ2v) is 9.59. The van der Waals surface area contributed by atoms with Crippen molar-refractivity contribution in [1.82, 2.24) is 19.8 Å². The van der Waals surface area contributed by atoms with Gasteiger partial charge in [-0.2, -0.15) is 13.2 Å². The van der Waals surface area contributed by atoms with E-state index in [0.29, 0.717) is 30.0 Å². The number of para-hydroxylation sites is 1. The largest absolute Gasteiger partial charge is 0.491 e. The molecule has 0 bridgehead atoms. The number of esters is 1. The molecule has 41 heavy (non-hydrogen) atoms. The van der Waals surface area contributed by atoms with Crippen LogP contribution in [0.15, 0.2) is 59.3 Å². The third-order valence-corrected chi connectivity index (χ3v) is 6.78. The maximum Gasteiger partial charge on any atom is 0.491 e. The molecule has 0 aliphatic carbocycles. The molecule has 0 saturated carbocycles. The molecule has 1 saturated heterocycles. The van der Waals surface area contributed by atoms with Crippen LogP contribution in [0.1, 0.15) is 16.8 Å². The number of alkyl halides is 3. The van der Waals surface area contributed by atoms with E-state index in [0.717, 1.165) is 11.9 Å². The van der Waals surface area contributed by atoms with Gasteiger partial charge in [-0.1, -0.05) is 18.2 Å². The number of fused-ring (bicyclic) bond motifs is 1. The van der Waals surface area contributed by atoms with Crippen molar-refractivity contribution in [2.75, 3.05) is 39.6 Å². The number of likely N-dealkylation sites (N-methyl/N-ethyl adjacent to an activating group) is 2. The molecule has 3 heterocycles. The van der Waals surface area contributed by atoms with Crippen molar-refractivity contribution in [1.29, 1.82) is 0 Å².